The first kappa shape index (κ1) is 25.4. The van der Waals surface area contributed by atoms with E-state index >= 15 is 0 Å². The number of benzene rings is 3. The van der Waals surface area contributed by atoms with E-state index < -0.39 is 26.8 Å². The van der Waals surface area contributed by atoms with Crippen molar-refractivity contribution in [2.75, 3.05) is 0 Å². The molecule has 8 heteroatoms. The van der Waals surface area contributed by atoms with Crippen LogP contribution in [0.5, 0.6) is 0 Å². The van der Waals surface area contributed by atoms with Gasteiger partial charge in [-0.3, -0.25) is 0 Å². The maximum atomic E-state index is 12.0. The highest BCUT2D eigenvalue weighted by Crippen LogP contribution is 2.29. The minimum absolute atomic E-state index is 0.00746. The Balaban J connectivity index is 0.000000225. The molecule has 0 heterocycles. The Morgan fingerprint density at radius 1 is 0.742 bits per heavy atom. The molecule has 0 aliphatic rings. The Morgan fingerprint density at radius 2 is 1.13 bits per heavy atom. The number of alkyl halides is 3. The topological polar surface area (TPSA) is 57.2 Å². The molecule has 0 saturated carbocycles. The van der Waals surface area contributed by atoms with Crippen molar-refractivity contribution in [1.29, 1.82) is 0 Å². The van der Waals surface area contributed by atoms with Crippen molar-refractivity contribution in [1.82, 2.24) is 0 Å². The Hall–Kier alpha value is -1.91. The molecule has 3 nitrogen and oxygen atoms in total. The number of aryl methyl sites for hydroxylation is 2. The fourth-order valence-corrected chi connectivity index (χ4v) is 5.13. The van der Waals surface area contributed by atoms with E-state index in [0.29, 0.717) is 24.3 Å². The van der Waals surface area contributed by atoms with Gasteiger partial charge in [0, 0.05) is 0 Å². The van der Waals surface area contributed by atoms with Crippen molar-refractivity contribution in [3.8, 4) is 0 Å². The molecule has 0 atom stereocenters. The van der Waals surface area contributed by atoms with Gasteiger partial charge in [-0.2, -0.15) is 13.2 Å². The summed E-state index contributed by atoms with van der Waals surface area (Å²) in [4.78, 5) is -0.675. The molecule has 3 aromatic carbocycles. The summed E-state index contributed by atoms with van der Waals surface area (Å²) in [6.07, 6.45) is -2.28. The zero-order chi connectivity index (χ0) is 23.1. The lowest BCUT2D eigenvalue weighted by molar-refractivity contribution is -0.597. The van der Waals surface area contributed by atoms with Crippen LogP contribution in [0.1, 0.15) is 30.5 Å². The second-order valence-corrected chi connectivity index (χ2v) is 10.9. The van der Waals surface area contributed by atoms with Crippen LogP contribution in [-0.2, 0) is 29.1 Å². The van der Waals surface area contributed by atoms with Crippen LogP contribution in [0.3, 0.4) is 0 Å². The molecule has 0 radical (unpaired) electrons. The molecule has 0 aromatic heterocycles. The molecule has 166 valence electrons. The van der Waals surface area contributed by atoms with Gasteiger partial charge in [0.1, 0.15) is 10.1 Å². The lowest BCUT2D eigenvalue weighted by atomic mass is 10.2. The number of hydrogen-bond acceptors (Lipinski definition) is 3. The van der Waals surface area contributed by atoms with Crippen molar-refractivity contribution in [2.45, 2.75) is 37.8 Å². The van der Waals surface area contributed by atoms with E-state index in [1.54, 1.807) is 0 Å². The van der Waals surface area contributed by atoms with Crippen molar-refractivity contribution in [2.24, 2.45) is 0 Å². The summed E-state index contributed by atoms with van der Waals surface area (Å²) in [5.41, 5.74) is 1.86. The zero-order valence-corrected chi connectivity index (χ0v) is 20.0. The predicted octanol–water partition coefficient (Wildman–Crippen LogP) is 2.55. The van der Waals surface area contributed by atoms with Crippen molar-refractivity contribution in [3.05, 3.63) is 96.6 Å². The highest BCUT2D eigenvalue weighted by Gasteiger charge is 2.30. The summed E-state index contributed by atoms with van der Waals surface area (Å²) in [6, 6.07) is 20.6. The van der Waals surface area contributed by atoms with E-state index in [2.05, 4.69) is 62.4 Å². The average Bonchev–Trinajstić information content (AvgIpc) is 2.74. The molecule has 0 N–H and O–H groups in total. The minimum Gasteiger partial charge on any atom is -0.744 e. The molecule has 3 aromatic rings. The smallest absolute Gasteiger partial charge is 0.416 e. The van der Waals surface area contributed by atoms with Gasteiger partial charge < -0.3 is 4.55 Å². The van der Waals surface area contributed by atoms with Crippen LogP contribution >= 0.6 is 0 Å². The third kappa shape index (κ3) is 8.27. The van der Waals surface area contributed by atoms with Crippen molar-refractivity contribution in [3.63, 3.8) is 0 Å². The van der Waals surface area contributed by atoms with Crippen molar-refractivity contribution >= 4 is 10.1 Å². The lowest BCUT2D eigenvalue weighted by Gasteiger charge is -2.09. The van der Waals surface area contributed by atoms with Crippen LogP contribution in [0.15, 0.2) is 77.7 Å². The van der Waals surface area contributed by atoms with Gasteiger partial charge in [0.05, 0.1) is 10.5 Å². The van der Waals surface area contributed by atoms with Crippen LogP contribution in [-0.4, -0.2) is 13.0 Å². The maximum Gasteiger partial charge on any atom is 0.416 e. The number of hydrogen-bond donors (Lipinski definition) is 0. The van der Waals surface area contributed by atoms with Gasteiger partial charge in [-0.05, 0) is 72.5 Å². The third-order valence-corrected chi connectivity index (χ3v) is 7.87. The van der Waals surface area contributed by atoms with Crippen LogP contribution in [0, 0.1) is 7.14 Å². The summed E-state index contributed by atoms with van der Waals surface area (Å²) in [5.74, 6) is 0. The quantitative estimate of drug-likeness (QED) is 0.355. The molecule has 31 heavy (non-hydrogen) atoms. The molecule has 0 spiro atoms. The molecule has 0 bridgehead atoms. The highest BCUT2D eigenvalue weighted by molar-refractivity contribution is 7.85. The molecule has 3 rings (SSSR count). The second kappa shape index (κ2) is 11.1. The van der Waals surface area contributed by atoms with Crippen LogP contribution in [0.2, 0.25) is 0 Å². The summed E-state index contributed by atoms with van der Waals surface area (Å²) in [6.45, 7) is 4.40. The predicted molar refractivity (Wildman–Crippen MR) is 108 cm³/mol. The first-order valence-electron chi connectivity index (χ1n) is 9.48. The number of halogens is 4. The van der Waals surface area contributed by atoms with Gasteiger partial charge in [0.25, 0.3) is 0 Å². The van der Waals surface area contributed by atoms with Gasteiger partial charge in [0.2, 0.25) is 0 Å². The molecular weight excluding hydrogens is 540 g/mol. The van der Waals surface area contributed by atoms with E-state index in [4.69, 9.17) is 0 Å². The normalized spacial score (nSPS) is 11.5. The molecule has 0 amide bonds. The minimum atomic E-state index is -4.68. The van der Waals surface area contributed by atoms with E-state index in [-0.39, 0.29) is 21.2 Å². The van der Waals surface area contributed by atoms with Gasteiger partial charge in [-0.25, -0.2) is 8.42 Å². The molecular formula is C23H22F3IO3S. The second-order valence-electron chi connectivity index (χ2n) is 6.53. The molecule has 0 aliphatic carbocycles. The standard InChI is InChI=1S/C16H18I.C7H5F3O3S/c1-3-13-5-9-15(10-6-13)17-16-11-7-14(4-2)8-12-16;8-7(9,10)5-1-3-6(4-2-5)14(11,12)13/h5-12H,3-4H2,1-2H3;1-4H,(H,11,12,13)/q+1;/p-1. The van der Waals surface area contributed by atoms with Crippen LogP contribution in [0.25, 0.3) is 0 Å². The highest BCUT2D eigenvalue weighted by atomic mass is 127. The Bertz CT molecular complexity index is 1020. The fourth-order valence-electron chi connectivity index (χ4n) is 2.50. The number of rotatable bonds is 5. The Kier molecular flexibility index (Phi) is 9.08. The van der Waals surface area contributed by atoms with Crippen LogP contribution < -0.4 is 21.2 Å². The lowest BCUT2D eigenvalue weighted by Crippen LogP contribution is -3.61. The summed E-state index contributed by atoms with van der Waals surface area (Å²) >= 11 is -0.00746. The Morgan fingerprint density at radius 3 is 1.42 bits per heavy atom. The largest absolute Gasteiger partial charge is 0.744 e. The molecule has 0 fully saturated rings. The monoisotopic (exact) mass is 562 g/mol. The average molecular weight is 562 g/mol. The summed E-state index contributed by atoms with van der Waals surface area (Å²) in [5, 5.41) is 0. The van der Waals surface area contributed by atoms with E-state index in [1.165, 1.54) is 18.3 Å². The SMILES string of the molecule is CCc1ccc([I+]c2ccc(CC)cc2)cc1.O=S(=O)([O-])c1ccc(C(F)(F)F)cc1. The van der Waals surface area contributed by atoms with E-state index in [0.717, 1.165) is 12.8 Å². The first-order valence-corrected chi connectivity index (χ1v) is 13.1. The summed E-state index contributed by atoms with van der Waals surface area (Å²) in [7, 11) is -4.68. The van der Waals surface area contributed by atoms with Crippen molar-refractivity contribution < 1.29 is 47.3 Å². The first-order chi connectivity index (χ1) is 14.5. The fraction of sp³-hybridized carbons (Fsp3) is 0.217. The maximum absolute atomic E-state index is 12.0. The van der Waals surface area contributed by atoms with E-state index in [1.807, 2.05) is 0 Å². The summed E-state index contributed by atoms with van der Waals surface area (Å²) < 4.78 is 70.0. The molecule has 0 aliphatic heterocycles. The molecule has 0 saturated heterocycles. The van der Waals surface area contributed by atoms with Crippen LogP contribution in [0.4, 0.5) is 13.2 Å². The van der Waals surface area contributed by atoms with Gasteiger partial charge in [0.15, 0.2) is 7.14 Å². The zero-order valence-electron chi connectivity index (χ0n) is 17.0. The third-order valence-electron chi connectivity index (χ3n) is 4.33. The van der Waals surface area contributed by atoms with E-state index in [9.17, 15) is 26.1 Å². The van der Waals surface area contributed by atoms with Gasteiger partial charge in [-0.15, -0.1) is 0 Å². The van der Waals surface area contributed by atoms with Gasteiger partial charge >= 0.3 is 27.4 Å². The van der Waals surface area contributed by atoms with Gasteiger partial charge in [-0.1, -0.05) is 38.1 Å². The Labute approximate surface area is 191 Å². The molecule has 0 unspecified atom stereocenters.